The summed E-state index contributed by atoms with van der Waals surface area (Å²) in [5, 5.41) is 57.9. The number of rotatable bonds is 34. The van der Waals surface area contributed by atoms with E-state index in [0.29, 0.717) is 32.2 Å². The Kier molecular flexibility index (Phi) is 58.4. The van der Waals surface area contributed by atoms with Crippen molar-refractivity contribution in [1.29, 1.82) is 0 Å². The van der Waals surface area contributed by atoms with Crippen molar-refractivity contribution in [2.24, 2.45) is 17.2 Å². The SMILES string of the molecule is NCCCCCC(=O)O.NCCCCCCN.O=C(O)CCCCC(=O)O.O=C(O)CCCCCCCC(=O)O.O=C(O)CCCCCCCCCCC(=O)O. The van der Waals surface area contributed by atoms with Crippen LogP contribution in [-0.2, 0) is 33.6 Å². The van der Waals surface area contributed by atoms with E-state index in [2.05, 4.69) is 0 Å². The number of hydrogen-bond donors (Lipinski definition) is 10. The zero-order valence-electron chi connectivity index (χ0n) is 33.8. The number of carbonyl (C=O) groups is 7. The number of carboxylic acid groups (broad SMARTS) is 7. The molecule has 0 saturated carbocycles. The lowest BCUT2D eigenvalue weighted by Crippen LogP contribution is -2.00. The standard InChI is InChI=1S/C12H22O4.C9H16O4.C6H16N2.C6H13NO2.C6H10O4/c13-11(14)9-7-5-3-1-2-4-6-8-10-12(15)16;10-8(11)6-4-2-1-3-5-7-9(12)13;7-5-3-1-2-4-6-8;7-5-3-1-2-4-6(8)9;7-5(8)3-1-2-4-6(9)10/h1-10H2,(H,13,14)(H,15,16);1-7H2,(H,10,11)(H,12,13);1-8H2;1-5,7H2,(H,8,9);1-4H2,(H,7,8)(H,9,10). The number of aliphatic carboxylic acids is 7. The van der Waals surface area contributed by atoms with E-state index in [9.17, 15) is 33.6 Å². The molecule has 0 aliphatic carbocycles. The Morgan fingerprint density at radius 1 is 0.214 bits per heavy atom. The van der Waals surface area contributed by atoms with E-state index in [-0.39, 0.29) is 44.9 Å². The van der Waals surface area contributed by atoms with Crippen LogP contribution in [0.1, 0.15) is 186 Å². The van der Waals surface area contributed by atoms with E-state index in [4.69, 9.17) is 52.9 Å². The van der Waals surface area contributed by atoms with Gasteiger partial charge in [-0.1, -0.05) is 77.0 Å². The van der Waals surface area contributed by atoms with Crippen LogP contribution in [0.2, 0.25) is 0 Å². The average Bonchev–Trinajstić information content (AvgIpc) is 3.11. The predicted molar refractivity (Wildman–Crippen MR) is 215 cm³/mol. The highest BCUT2D eigenvalue weighted by atomic mass is 16.4. The number of unbranched alkanes of at least 4 members (excludes halogenated alkanes) is 17. The number of carboxylic acids is 7. The highest BCUT2D eigenvalue weighted by Crippen LogP contribution is 2.11. The average molecular weight is 812 g/mol. The monoisotopic (exact) mass is 812 g/mol. The molecule has 0 unspecified atom stereocenters. The topological polar surface area (TPSA) is 339 Å². The van der Waals surface area contributed by atoms with Crippen LogP contribution in [0.4, 0.5) is 0 Å². The molecule has 0 aliphatic heterocycles. The van der Waals surface area contributed by atoms with Crippen LogP contribution in [0.15, 0.2) is 0 Å². The molecule has 17 heteroatoms. The molecule has 0 rings (SSSR count). The van der Waals surface area contributed by atoms with Gasteiger partial charge in [-0.05, 0) is 83.8 Å². The summed E-state index contributed by atoms with van der Waals surface area (Å²) in [6.45, 7) is 2.31. The van der Waals surface area contributed by atoms with Crippen LogP contribution in [0.5, 0.6) is 0 Å². The first-order valence-corrected chi connectivity index (χ1v) is 20.2. The first-order chi connectivity index (χ1) is 26.6. The summed E-state index contributed by atoms with van der Waals surface area (Å²) in [4.78, 5) is 70.4. The van der Waals surface area contributed by atoms with Crippen molar-refractivity contribution in [3.8, 4) is 0 Å². The van der Waals surface area contributed by atoms with Crippen molar-refractivity contribution in [2.75, 3.05) is 19.6 Å². The molecule has 13 N–H and O–H groups in total. The first kappa shape index (κ1) is 61.4. The van der Waals surface area contributed by atoms with E-state index < -0.39 is 41.8 Å². The summed E-state index contributed by atoms with van der Waals surface area (Å²) in [7, 11) is 0. The molecule has 0 atom stereocenters. The van der Waals surface area contributed by atoms with Gasteiger partial charge in [0.2, 0.25) is 0 Å². The van der Waals surface area contributed by atoms with E-state index in [1.165, 1.54) is 12.8 Å². The van der Waals surface area contributed by atoms with Gasteiger partial charge in [0.05, 0.1) is 0 Å². The van der Waals surface area contributed by atoms with Crippen LogP contribution in [0.25, 0.3) is 0 Å². The van der Waals surface area contributed by atoms with Crippen LogP contribution in [0.3, 0.4) is 0 Å². The lowest BCUT2D eigenvalue weighted by atomic mass is 10.1. The molecule has 56 heavy (non-hydrogen) atoms. The molecule has 0 radical (unpaired) electrons. The van der Waals surface area contributed by atoms with E-state index in [1.807, 2.05) is 0 Å². The molecular formula is C39H77N3O14. The Morgan fingerprint density at radius 2 is 0.321 bits per heavy atom. The molecule has 0 aromatic rings. The van der Waals surface area contributed by atoms with Crippen molar-refractivity contribution < 1.29 is 69.3 Å². The molecule has 0 spiro atoms. The fourth-order valence-electron chi connectivity index (χ4n) is 4.49. The van der Waals surface area contributed by atoms with Gasteiger partial charge < -0.3 is 52.9 Å². The Morgan fingerprint density at radius 3 is 0.464 bits per heavy atom. The largest absolute Gasteiger partial charge is 0.481 e. The number of nitrogens with two attached hydrogens (primary N) is 3. The third-order valence-corrected chi connectivity index (χ3v) is 7.60. The Bertz CT molecular complexity index is 890. The summed E-state index contributed by atoms with van der Waals surface area (Å²) in [5.41, 5.74) is 15.8. The lowest BCUT2D eigenvalue weighted by Gasteiger charge is -2.00. The minimum atomic E-state index is -0.870. The van der Waals surface area contributed by atoms with Gasteiger partial charge in [-0.15, -0.1) is 0 Å². The zero-order chi connectivity index (χ0) is 43.7. The van der Waals surface area contributed by atoms with Crippen LogP contribution in [-0.4, -0.2) is 97.2 Å². The second-order valence-corrected chi connectivity index (χ2v) is 13.2. The van der Waals surface area contributed by atoms with Gasteiger partial charge >= 0.3 is 41.8 Å². The van der Waals surface area contributed by atoms with Gasteiger partial charge in [0.15, 0.2) is 0 Å². The van der Waals surface area contributed by atoms with Gasteiger partial charge in [-0.2, -0.15) is 0 Å². The Balaban J connectivity index is -0.000000198. The molecule has 0 fully saturated rings. The van der Waals surface area contributed by atoms with Crippen molar-refractivity contribution in [3.05, 3.63) is 0 Å². The summed E-state index contributed by atoms with van der Waals surface area (Å²) in [6, 6.07) is 0. The van der Waals surface area contributed by atoms with Gasteiger partial charge in [0.25, 0.3) is 0 Å². The second kappa shape index (κ2) is 53.3. The summed E-state index contributed by atoms with van der Waals surface area (Å²) in [6.07, 6.45) is 21.8. The maximum Gasteiger partial charge on any atom is 0.303 e. The third-order valence-electron chi connectivity index (χ3n) is 7.60. The Hall–Kier alpha value is -3.83. The van der Waals surface area contributed by atoms with Crippen molar-refractivity contribution in [2.45, 2.75) is 186 Å². The summed E-state index contributed by atoms with van der Waals surface area (Å²) >= 11 is 0. The summed E-state index contributed by atoms with van der Waals surface area (Å²) in [5.74, 6) is -5.40. The highest BCUT2D eigenvalue weighted by molar-refractivity contribution is 5.68. The quantitative estimate of drug-likeness (QED) is 0.0302. The molecule has 0 aliphatic rings. The van der Waals surface area contributed by atoms with Crippen LogP contribution >= 0.6 is 0 Å². The van der Waals surface area contributed by atoms with E-state index >= 15 is 0 Å². The fraction of sp³-hybridized carbons (Fsp3) is 0.821. The lowest BCUT2D eigenvalue weighted by molar-refractivity contribution is -0.139. The smallest absolute Gasteiger partial charge is 0.303 e. The first-order valence-electron chi connectivity index (χ1n) is 20.2. The molecule has 332 valence electrons. The van der Waals surface area contributed by atoms with Gasteiger partial charge in [-0.25, -0.2) is 0 Å². The van der Waals surface area contributed by atoms with Crippen LogP contribution in [0, 0.1) is 0 Å². The zero-order valence-corrected chi connectivity index (χ0v) is 33.8. The van der Waals surface area contributed by atoms with Gasteiger partial charge in [0.1, 0.15) is 0 Å². The van der Waals surface area contributed by atoms with Gasteiger partial charge in [-0.3, -0.25) is 33.6 Å². The number of hydrogen-bond acceptors (Lipinski definition) is 10. The fourth-order valence-corrected chi connectivity index (χ4v) is 4.49. The second-order valence-electron chi connectivity index (χ2n) is 13.2. The predicted octanol–water partition coefficient (Wildman–Crippen LogP) is 6.71. The van der Waals surface area contributed by atoms with Crippen molar-refractivity contribution in [3.63, 3.8) is 0 Å². The minimum Gasteiger partial charge on any atom is -0.481 e. The van der Waals surface area contributed by atoms with E-state index in [0.717, 1.165) is 116 Å². The van der Waals surface area contributed by atoms with Crippen LogP contribution < -0.4 is 17.2 Å². The molecular weight excluding hydrogens is 734 g/mol. The van der Waals surface area contributed by atoms with Crippen molar-refractivity contribution >= 4 is 41.8 Å². The molecule has 0 aromatic heterocycles. The summed E-state index contributed by atoms with van der Waals surface area (Å²) < 4.78 is 0. The minimum absolute atomic E-state index is 0.0628. The maximum absolute atomic E-state index is 10.2. The normalized spacial score (nSPS) is 9.77. The van der Waals surface area contributed by atoms with Crippen molar-refractivity contribution in [1.82, 2.24) is 0 Å². The molecule has 0 aromatic carbocycles. The Labute approximate surface area is 333 Å². The molecule has 0 saturated heterocycles. The van der Waals surface area contributed by atoms with E-state index in [1.54, 1.807) is 0 Å². The molecule has 0 amide bonds. The molecule has 17 nitrogen and oxygen atoms in total. The molecule has 0 heterocycles. The third kappa shape index (κ3) is 87.8. The highest BCUT2D eigenvalue weighted by Gasteiger charge is 2.01. The molecule has 0 bridgehead atoms. The maximum atomic E-state index is 10.2. The van der Waals surface area contributed by atoms with Gasteiger partial charge in [0, 0.05) is 44.9 Å².